The van der Waals surface area contributed by atoms with Crippen LogP contribution in [-0.4, -0.2) is 48.6 Å². The second-order valence-electron chi connectivity index (χ2n) is 3.93. The Morgan fingerprint density at radius 3 is 2.27 bits per heavy atom. The minimum atomic E-state index is -0.843. The number of hydrogen-bond acceptors (Lipinski definition) is 3. The molecule has 15 heavy (non-hydrogen) atoms. The van der Waals surface area contributed by atoms with E-state index in [9.17, 15) is 9.59 Å². The maximum atomic E-state index is 11.0. The molecule has 0 aliphatic rings. The van der Waals surface area contributed by atoms with Crippen molar-refractivity contribution in [2.24, 2.45) is 5.92 Å². The summed E-state index contributed by atoms with van der Waals surface area (Å²) in [5.41, 5.74) is 0. The lowest BCUT2D eigenvalue weighted by molar-refractivity contribution is -0.144. The Morgan fingerprint density at radius 2 is 1.93 bits per heavy atom. The summed E-state index contributed by atoms with van der Waals surface area (Å²) in [5, 5.41) is 11.5. The zero-order valence-electron chi connectivity index (χ0n) is 9.78. The first kappa shape index (κ1) is 13.9. The molecule has 88 valence electrons. The van der Waals surface area contributed by atoms with Gasteiger partial charge in [0.1, 0.15) is 6.04 Å². The average molecular weight is 216 g/mol. The van der Waals surface area contributed by atoms with Crippen LogP contribution in [0.15, 0.2) is 0 Å². The molecule has 1 atom stereocenters. The van der Waals surface area contributed by atoms with Crippen LogP contribution in [0.5, 0.6) is 0 Å². The second kappa shape index (κ2) is 6.40. The topological polar surface area (TPSA) is 69.6 Å². The number of carboxylic acid groups (broad SMARTS) is 1. The zero-order valence-corrected chi connectivity index (χ0v) is 9.78. The van der Waals surface area contributed by atoms with Gasteiger partial charge >= 0.3 is 5.97 Å². The van der Waals surface area contributed by atoms with Crippen LogP contribution in [0.3, 0.4) is 0 Å². The molecule has 0 saturated heterocycles. The third-order valence-corrected chi connectivity index (χ3v) is 2.33. The molecule has 0 aromatic carbocycles. The smallest absolute Gasteiger partial charge is 0.321 e. The average Bonchev–Trinajstić information content (AvgIpc) is 2.12. The van der Waals surface area contributed by atoms with E-state index in [1.807, 2.05) is 13.8 Å². The van der Waals surface area contributed by atoms with E-state index in [2.05, 4.69) is 5.32 Å². The van der Waals surface area contributed by atoms with E-state index in [1.54, 1.807) is 19.0 Å². The highest BCUT2D eigenvalue weighted by Crippen LogP contribution is 2.09. The normalized spacial score (nSPS) is 12.9. The summed E-state index contributed by atoms with van der Waals surface area (Å²) >= 11 is 0. The summed E-state index contributed by atoms with van der Waals surface area (Å²) in [4.78, 5) is 23.6. The van der Waals surface area contributed by atoms with Gasteiger partial charge in [0, 0.05) is 20.0 Å². The van der Waals surface area contributed by atoms with Gasteiger partial charge in [-0.15, -0.1) is 0 Å². The lowest BCUT2D eigenvalue weighted by Gasteiger charge is -2.27. The van der Waals surface area contributed by atoms with Crippen molar-refractivity contribution in [3.05, 3.63) is 0 Å². The number of likely N-dealkylation sites (N-methyl/N-ethyl adjacent to an activating group) is 1. The minimum Gasteiger partial charge on any atom is -0.480 e. The SMILES string of the molecule is CNC(=O)CCN(C)C(C(=O)O)C(C)C. The second-order valence-corrected chi connectivity index (χ2v) is 3.93. The molecular weight excluding hydrogens is 196 g/mol. The summed E-state index contributed by atoms with van der Waals surface area (Å²) in [5.74, 6) is -0.892. The van der Waals surface area contributed by atoms with Gasteiger partial charge in [0.25, 0.3) is 0 Å². The Bertz CT molecular complexity index is 229. The highest BCUT2D eigenvalue weighted by molar-refractivity contribution is 5.76. The summed E-state index contributed by atoms with van der Waals surface area (Å²) in [6, 6.07) is -0.533. The van der Waals surface area contributed by atoms with Gasteiger partial charge in [0.15, 0.2) is 0 Å². The first-order valence-corrected chi connectivity index (χ1v) is 5.03. The summed E-state index contributed by atoms with van der Waals surface area (Å²) in [6.07, 6.45) is 0.323. The van der Waals surface area contributed by atoms with Crippen LogP contribution >= 0.6 is 0 Å². The molecule has 0 spiro atoms. The zero-order chi connectivity index (χ0) is 12.0. The molecule has 1 unspecified atom stereocenters. The molecular formula is C10H20N2O3. The quantitative estimate of drug-likeness (QED) is 0.663. The molecule has 0 aromatic heterocycles. The molecule has 0 aliphatic heterocycles. The van der Waals surface area contributed by atoms with Crippen molar-refractivity contribution in [3.63, 3.8) is 0 Å². The number of aliphatic carboxylic acids is 1. The van der Waals surface area contributed by atoms with Crippen LogP contribution < -0.4 is 5.32 Å². The molecule has 0 rings (SSSR count). The Balaban J connectivity index is 4.21. The van der Waals surface area contributed by atoms with Gasteiger partial charge in [-0.1, -0.05) is 13.8 Å². The highest BCUT2D eigenvalue weighted by atomic mass is 16.4. The van der Waals surface area contributed by atoms with Gasteiger partial charge in [0.05, 0.1) is 0 Å². The monoisotopic (exact) mass is 216 g/mol. The van der Waals surface area contributed by atoms with Crippen LogP contribution in [0, 0.1) is 5.92 Å². The standard InChI is InChI=1S/C10H20N2O3/c1-7(2)9(10(14)15)12(4)6-5-8(13)11-3/h7,9H,5-6H2,1-4H3,(H,11,13)(H,14,15). The largest absolute Gasteiger partial charge is 0.480 e. The molecule has 0 fully saturated rings. The van der Waals surface area contributed by atoms with Crippen molar-refractivity contribution < 1.29 is 14.7 Å². The summed E-state index contributed by atoms with van der Waals surface area (Å²) in [7, 11) is 3.29. The minimum absolute atomic E-state index is 0.0252. The van der Waals surface area contributed by atoms with Crippen molar-refractivity contribution in [1.29, 1.82) is 0 Å². The van der Waals surface area contributed by atoms with Gasteiger partial charge in [-0.3, -0.25) is 14.5 Å². The Morgan fingerprint density at radius 1 is 1.40 bits per heavy atom. The van der Waals surface area contributed by atoms with E-state index < -0.39 is 12.0 Å². The Hall–Kier alpha value is -1.10. The van der Waals surface area contributed by atoms with E-state index >= 15 is 0 Å². The molecule has 0 radical (unpaired) electrons. The number of amides is 1. The molecule has 1 amide bonds. The van der Waals surface area contributed by atoms with E-state index in [1.165, 1.54) is 0 Å². The number of rotatable bonds is 6. The van der Waals surface area contributed by atoms with E-state index in [-0.39, 0.29) is 11.8 Å². The number of carboxylic acids is 1. The van der Waals surface area contributed by atoms with Crippen LogP contribution in [-0.2, 0) is 9.59 Å². The maximum absolute atomic E-state index is 11.0. The van der Waals surface area contributed by atoms with Crippen molar-refractivity contribution >= 4 is 11.9 Å². The molecule has 5 nitrogen and oxygen atoms in total. The van der Waals surface area contributed by atoms with Gasteiger partial charge < -0.3 is 10.4 Å². The molecule has 0 bridgehead atoms. The summed E-state index contributed by atoms with van der Waals surface area (Å²) in [6.45, 7) is 4.17. The van der Waals surface area contributed by atoms with Crippen molar-refractivity contribution in [2.45, 2.75) is 26.3 Å². The van der Waals surface area contributed by atoms with Gasteiger partial charge in [-0.25, -0.2) is 0 Å². The number of nitrogens with zero attached hydrogens (tertiary/aromatic N) is 1. The fraction of sp³-hybridized carbons (Fsp3) is 0.800. The molecule has 0 aromatic rings. The van der Waals surface area contributed by atoms with Crippen molar-refractivity contribution in [2.75, 3.05) is 20.6 Å². The lowest BCUT2D eigenvalue weighted by Crippen LogP contribution is -2.43. The maximum Gasteiger partial charge on any atom is 0.321 e. The third-order valence-electron chi connectivity index (χ3n) is 2.33. The van der Waals surface area contributed by atoms with E-state index in [4.69, 9.17) is 5.11 Å². The third kappa shape index (κ3) is 4.78. The Kier molecular flexibility index (Phi) is 5.93. The van der Waals surface area contributed by atoms with E-state index in [0.717, 1.165) is 0 Å². The van der Waals surface area contributed by atoms with Crippen LogP contribution in [0.25, 0.3) is 0 Å². The Labute approximate surface area is 90.5 Å². The number of hydrogen-bond donors (Lipinski definition) is 2. The summed E-state index contributed by atoms with van der Waals surface area (Å²) < 4.78 is 0. The van der Waals surface area contributed by atoms with Gasteiger partial charge in [0.2, 0.25) is 5.91 Å². The molecule has 2 N–H and O–H groups in total. The van der Waals surface area contributed by atoms with Gasteiger partial charge in [-0.05, 0) is 13.0 Å². The van der Waals surface area contributed by atoms with E-state index in [0.29, 0.717) is 13.0 Å². The van der Waals surface area contributed by atoms with Crippen LogP contribution in [0.4, 0.5) is 0 Å². The molecule has 0 aliphatic carbocycles. The first-order chi connectivity index (χ1) is 6.90. The number of carbonyl (C=O) groups is 2. The predicted octanol–water partition coefficient (Wildman–Crippen LogP) is 0.164. The predicted molar refractivity (Wildman–Crippen MR) is 57.6 cm³/mol. The highest BCUT2D eigenvalue weighted by Gasteiger charge is 2.25. The molecule has 0 saturated carbocycles. The van der Waals surface area contributed by atoms with Crippen LogP contribution in [0.2, 0.25) is 0 Å². The van der Waals surface area contributed by atoms with Crippen molar-refractivity contribution in [1.82, 2.24) is 10.2 Å². The lowest BCUT2D eigenvalue weighted by atomic mass is 10.0. The first-order valence-electron chi connectivity index (χ1n) is 5.03. The van der Waals surface area contributed by atoms with Crippen molar-refractivity contribution in [3.8, 4) is 0 Å². The molecule has 0 heterocycles. The fourth-order valence-corrected chi connectivity index (χ4v) is 1.52. The van der Waals surface area contributed by atoms with Gasteiger partial charge in [-0.2, -0.15) is 0 Å². The van der Waals surface area contributed by atoms with Crippen LogP contribution in [0.1, 0.15) is 20.3 Å². The number of nitrogens with one attached hydrogen (secondary N) is 1. The number of carbonyl (C=O) groups excluding carboxylic acids is 1. The fourth-order valence-electron chi connectivity index (χ4n) is 1.52. The molecule has 5 heteroatoms.